The standard InChI is InChI=1S/C40H46N12O6/c1-3-49-13-7-10-30(49)37(55)46-39-44-28-22-26(34(41)53)24-32(58-19-9-12-48-17-20-57-21-18-48)33(28)51(39)15-5-6-16-52-36-29(23-27(25-43-36)35(42)54)45-40(52)47-38(56)31-11-8-14-50(31)4-2/h5-8,10-11,13-14,22-25H,3-4,9,12,15-21H2,1-2H3,(H2,41,53)(H2,42,54)(H,44,46,55)(H,45,47,56)/b6-5+. The molecule has 1 saturated heterocycles. The largest absolute Gasteiger partial charge is 0.491 e. The number of aromatic nitrogens is 7. The number of carbonyl (C=O) groups excluding carboxylic acids is 4. The van der Waals surface area contributed by atoms with Crippen molar-refractivity contribution in [3.05, 3.63) is 95.7 Å². The van der Waals surface area contributed by atoms with Gasteiger partial charge in [-0.25, -0.2) is 15.0 Å². The second-order valence-corrected chi connectivity index (χ2v) is 13.6. The van der Waals surface area contributed by atoms with E-state index in [9.17, 15) is 19.2 Å². The van der Waals surface area contributed by atoms with Crippen LogP contribution in [0.15, 0.2) is 73.2 Å². The lowest BCUT2D eigenvalue weighted by Crippen LogP contribution is -2.37. The Bertz CT molecular complexity index is 2500. The highest BCUT2D eigenvalue weighted by atomic mass is 16.5. The monoisotopic (exact) mass is 790 g/mol. The van der Waals surface area contributed by atoms with Crippen LogP contribution in [-0.4, -0.2) is 101 Å². The van der Waals surface area contributed by atoms with Crippen molar-refractivity contribution in [2.24, 2.45) is 11.5 Å². The van der Waals surface area contributed by atoms with Gasteiger partial charge in [0.1, 0.15) is 28.2 Å². The maximum Gasteiger partial charge on any atom is 0.274 e. The molecule has 6 N–H and O–H groups in total. The lowest BCUT2D eigenvalue weighted by Gasteiger charge is -2.26. The molecule has 0 radical (unpaired) electrons. The summed E-state index contributed by atoms with van der Waals surface area (Å²) in [5.41, 5.74) is 14.3. The predicted octanol–water partition coefficient (Wildman–Crippen LogP) is 3.48. The third-order valence-corrected chi connectivity index (χ3v) is 9.94. The summed E-state index contributed by atoms with van der Waals surface area (Å²) in [7, 11) is 0. The van der Waals surface area contributed by atoms with Crippen molar-refractivity contribution in [1.29, 1.82) is 0 Å². The highest BCUT2D eigenvalue weighted by Crippen LogP contribution is 2.32. The first-order valence-electron chi connectivity index (χ1n) is 19.2. The van der Waals surface area contributed by atoms with E-state index < -0.39 is 11.8 Å². The fourth-order valence-electron chi connectivity index (χ4n) is 6.95. The number of allylic oxidation sites excluding steroid dienone is 2. The molecule has 5 aromatic heterocycles. The molecule has 0 bridgehead atoms. The number of carbonyl (C=O) groups is 4. The molecule has 18 nitrogen and oxygen atoms in total. The number of hydrogen-bond acceptors (Lipinski definition) is 10. The number of primary amides is 2. The topological polar surface area (TPSA) is 224 Å². The number of pyridine rings is 1. The van der Waals surface area contributed by atoms with Crippen molar-refractivity contribution >= 4 is 57.7 Å². The first-order chi connectivity index (χ1) is 28.1. The number of morpholine rings is 1. The van der Waals surface area contributed by atoms with Crippen LogP contribution >= 0.6 is 0 Å². The molecule has 7 rings (SSSR count). The minimum Gasteiger partial charge on any atom is -0.491 e. The molecule has 6 heterocycles. The predicted molar refractivity (Wildman–Crippen MR) is 217 cm³/mol. The number of amides is 4. The Morgan fingerprint density at radius 2 is 1.40 bits per heavy atom. The van der Waals surface area contributed by atoms with Gasteiger partial charge in [-0.2, -0.15) is 0 Å². The summed E-state index contributed by atoms with van der Waals surface area (Å²) in [5.74, 6) is -1.19. The second-order valence-electron chi connectivity index (χ2n) is 13.6. The Morgan fingerprint density at radius 1 is 0.810 bits per heavy atom. The normalized spacial score (nSPS) is 13.4. The van der Waals surface area contributed by atoms with Crippen molar-refractivity contribution in [2.45, 2.75) is 46.4 Å². The molecule has 18 heteroatoms. The number of imidazole rings is 2. The van der Waals surface area contributed by atoms with Crippen molar-refractivity contribution in [3.8, 4) is 5.75 Å². The van der Waals surface area contributed by atoms with Crippen molar-refractivity contribution in [1.82, 2.24) is 38.1 Å². The van der Waals surface area contributed by atoms with E-state index in [4.69, 9.17) is 25.9 Å². The number of aryl methyl sites for hydroxylation is 2. The van der Waals surface area contributed by atoms with Gasteiger partial charge >= 0.3 is 0 Å². The zero-order valence-electron chi connectivity index (χ0n) is 32.4. The molecular weight excluding hydrogens is 745 g/mol. The molecule has 58 heavy (non-hydrogen) atoms. The molecule has 6 aromatic rings. The van der Waals surface area contributed by atoms with Gasteiger partial charge in [-0.05, 0) is 62.7 Å². The second kappa shape index (κ2) is 17.6. The van der Waals surface area contributed by atoms with E-state index in [-0.39, 0.29) is 47.9 Å². The lowest BCUT2D eigenvalue weighted by molar-refractivity contribution is 0.0358. The number of rotatable bonds is 17. The highest BCUT2D eigenvalue weighted by molar-refractivity contribution is 6.05. The Morgan fingerprint density at radius 3 is 2.02 bits per heavy atom. The van der Waals surface area contributed by atoms with E-state index in [1.807, 2.05) is 47.5 Å². The van der Waals surface area contributed by atoms with Gasteiger partial charge in [0.25, 0.3) is 11.8 Å². The smallest absolute Gasteiger partial charge is 0.274 e. The summed E-state index contributed by atoms with van der Waals surface area (Å²) < 4.78 is 19.0. The summed E-state index contributed by atoms with van der Waals surface area (Å²) >= 11 is 0. The fraction of sp³-hybridized carbons (Fsp3) is 0.325. The van der Waals surface area contributed by atoms with E-state index >= 15 is 0 Å². The third-order valence-electron chi connectivity index (χ3n) is 9.94. The maximum absolute atomic E-state index is 13.6. The highest BCUT2D eigenvalue weighted by Gasteiger charge is 2.22. The molecule has 0 unspecified atom stereocenters. The number of nitrogens with zero attached hydrogens (tertiary/aromatic N) is 8. The minimum atomic E-state index is -0.656. The first kappa shape index (κ1) is 39.4. The molecule has 302 valence electrons. The maximum atomic E-state index is 13.6. The van der Waals surface area contributed by atoms with Crippen LogP contribution in [0.2, 0.25) is 0 Å². The van der Waals surface area contributed by atoms with Crippen LogP contribution in [0.5, 0.6) is 5.75 Å². The van der Waals surface area contributed by atoms with Crippen LogP contribution in [-0.2, 0) is 30.9 Å². The quantitative estimate of drug-likeness (QED) is 0.0778. The number of ether oxygens (including phenoxy) is 2. The lowest BCUT2D eigenvalue weighted by atomic mass is 10.1. The van der Waals surface area contributed by atoms with Crippen LogP contribution in [0.1, 0.15) is 62.0 Å². The number of benzene rings is 1. The number of fused-ring (bicyclic) bond motifs is 2. The molecular formula is C40H46N12O6. The number of nitrogens with two attached hydrogens (primary N) is 2. The van der Waals surface area contributed by atoms with E-state index in [0.29, 0.717) is 72.2 Å². The van der Waals surface area contributed by atoms with Crippen molar-refractivity contribution in [3.63, 3.8) is 0 Å². The Balaban J connectivity index is 1.21. The van der Waals surface area contributed by atoms with Gasteiger partial charge in [0.15, 0.2) is 5.65 Å². The van der Waals surface area contributed by atoms with Crippen LogP contribution in [0.4, 0.5) is 11.9 Å². The van der Waals surface area contributed by atoms with Crippen LogP contribution in [0.3, 0.4) is 0 Å². The van der Waals surface area contributed by atoms with Gasteiger partial charge in [0.05, 0.1) is 30.9 Å². The summed E-state index contributed by atoms with van der Waals surface area (Å²) in [6, 6.07) is 11.7. The molecule has 4 amide bonds. The summed E-state index contributed by atoms with van der Waals surface area (Å²) in [6.45, 7) is 9.76. The number of hydrogen-bond donors (Lipinski definition) is 4. The fourth-order valence-corrected chi connectivity index (χ4v) is 6.95. The molecule has 1 aliphatic heterocycles. The SMILES string of the molecule is CCn1cccc1C(=O)Nc1nc2cc(C(N)=O)cnc2n1C/C=C/Cn1c(NC(=O)c2cccn2CC)nc2cc(C(N)=O)cc(OCCCN3CCOCC3)c21. The van der Waals surface area contributed by atoms with Crippen LogP contribution in [0, 0.1) is 0 Å². The molecule has 1 aliphatic rings. The van der Waals surface area contributed by atoms with Gasteiger partial charge in [-0.1, -0.05) is 12.2 Å². The van der Waals surface area contributed by atoms with Crippen molar-refractivity contribution in [2.75, 3.05) is 50.1 Å². The van der Waals surface area contributed by atoms with Crippen LogP contribution in [0.25, 0.3) is 22.2 Å². The van der Waals surface area contributed by atoms with E-state index in [2.05, 4.69) is 25.5 Å². The Hall–Kier alpha value is -6.79. The molecule has 1 fully saturated rings. The number of anilines is 2. The van der Waals surface area contributed by atoms with E-state index in [0.717, 1.165) is 26.1 Å². The van der Waals surface area contributed by atoms with Gasteiger partial charge in [-0.15, -0.1) is 0 Å². The Labute approximate surface area is 333 Å². The molecule has 0 saturated carbocycles. The first-order valence-corrected chi connectivity index (χ1v) is 19.2. The van der Waals surface area contributed by atoms with Gasteiger partial charge in [-0.3, -0.25) is 39.3 Å². The summed E-state index contributed by atoms with van der Waals surface area (Å²) in [4.78, 5) is 67.6. The summed E-state index contributed by atoms with van der Waals surface area (Å²) in [6.07, 6.45) is 9.46. The minimum absolute atomic E-state index is 0.178. The van der Waals surface area contributed by atoms with Gasteiger partial charge < -0.3 is 34.6 Å². The van der Waals surface area contributed by atoms with Crippen LogP contribution < -0.4 is 26.8 Å². The van der Waals surface area contributed by atoms with Crippen molar-refractivity contribution < 1.29 is 28.7 Å². The zero-order valence-corrected chi connectivity index (χ0v) is 32.4. The Kier molecular flexibility index (Phi) is 11.9. The van der Waals surface area contributed by atoms with E-state index in [1.165, 1.54) is 12.3 Å². The molecule has 0 spiro atoms. The molecule has 0 aliphatic carbocycles. The zero-order chi connectivity index (χ0) is 40.8. The molecule has 0 atom stereocenters. The van der Waals surface area contributed by atoms with E-state index in [1.54, 1.807) is 45.5 Å². The van der Waals surface area contributed by atoms with Gasteiger partial charge in [0.2, 0.25) is 23.7 Å². The average Bonchev–Trinajstić information content (AvgIpc) is 4.03. The summed E-state index contributed by atoms with van der Waals surface area (Å²) in [5, 5.41) is 5.86. The average molecular weight is 791 g/mol. The number of nitrogens with one attached hydrogen (secondary N) is 2. The third kappa shape index (κ3) is 8.47. The van der Waals surface area contributed by atoms with Gasteiger partial charge in [0, 0.05) is 70.0 Å². The molecule has 1 aromatic carbocycles.